The molecule has 1 N–H and O–H groups in total. The molecule has 2 fully saturated rings. The van der Waals surface area contributed by atoms with Gasteiger partial charge in [-0.25, -0.2) is 0 Å². The standard InChI is InChI=1S/C15H19NO.ClH/c1-16-14-10-11-7-8-13(9-11)15(14,17)12-5-3-2-4-6-12;/h2-6,11,13,17H,7-10H2,1H3;1H. The Kier molecular flexibility index (Phi) is 3.79. The van der Waals surface area contributed by atoms with Crippen molar-refractivity contribution < 1.29 is 5.11 Å². The van der Waals surface area contributed by atoms with Gasteiger partial charge in [-0.3, -0.25) is 4.99 Å². The molecule has 0 saturated heterocycles. The Bertz CT molecular complexity index is 445. The van der Waals surface area contributed by atoms with Gasteiger partial charge in [0.15, 0.2) is 0 Å². The van der Waals surface area contributed by atoms with E-state index in [4.69, 9.17) is 0 Å². The van der Waals surface area contributed by atoms with Crippen molar-refractivity contribution in [2.75, 3.05) is 7.05 Å². The van der Waals surface area contributed by atoms with Crippen molar-refractivity contribution >= 4 is 18.1 Å². The largest absolute Gasteiger partial charge is 0.379 e. The molecule has 2 saturated carbocycles. The van der Waals surface area contributed by atoms with Crippen LogP contribution in [0.4, 0.5) is 0 Å². The maximum atomic E-state index is 11.2. The molecule has 98 valence electrons. The number of aliphatic imine (C=N–C) groups is 1. The van der Waals surface area contributed by atoms with Crippen LogP contribution in [0.2, 0.25) is 0 Å². The van der Waals surface area contributed by atoms with Gasteiger partial charge in [-0.1, -0.05) is 30.3 Å². The van der Waals surface area contributed by atoms with Gasteiger partial charge in [0.2, 0.25) is 0 Å². The molecule has 1 aromatic carbocycles. The van der Waals surface area contributed by atoms with E-state index in [-0.39, 0.29) is 12.4 Å². The average Bonchev–Trinajstić information content (AvgIpc) is 2.80. The summed E-state index contributed by atoms with van der Waals surface area (Å²) in [4.78, 5) is 4.38. The van der Waals surface area contributed by atoms with Gasteiger partial charge in [-0.05, 0) is 43.1 Å². The van der Waals surface area contributed by atoms with Crippen LogP contribution >= 0.6 is 12.4 Å². The predicted molar refractivity (Wildman–Crippen MR) is 76.4 cm³/mol. The van der Waals surface area contributed by atoms with E-state index in [1.165, 1.54) is 6.42 Å². The van der Waals surface area contributed by atoms with Crippen molar-refractivity contribution in [1.29, 1.82) is 0 Å². The van der Waals surface area contributed by atoms with E-state index in [0.29, 0.717) is 5.92 Å². The molecule has 2 aliphatic rings. The number of hydrogen-bond donors (Lipinski definition) is 1. The van der Waals surface area contributed by atoms with E-state index in [2.05, 4.69) is 4.99 Å². The number of rotatable bonds is 1. The van der Waals surface area contributed by atoms with Crippen LogP contribution in [0.1, 0.15) is 31.2 Å². The van der Waals surface area contributed by atoms with Crippen molar-refractivity contribution in [1.82, 2.24) is 0 Å². The van der Waals surface area contributed by atoms with Crippen LogP contribution < -0.4 is 0 Å². The maximum Gasteiger partial charge on any atom is 0.130 e. The van der Waals surface area contributed by atoms with Crippen LogP contribution in [0, 0.1) is 11.8 Å². The Morgan fingerprint density at radius 1 is 1.22 bits per heavy atom. The first-order chi connectivity index (χ1) is 8.25. The predicted octanol–water partition coefficient (Wildman–Crippen LogP) is 3.19. The lowest BCUT2D eigenvalue weighted by atomic mass is 9.71. The molecule has 3 unspecified atom stereocenters. The van der Waals surface area contributed by atoms with Gasteiger partial charge in [0.05, 0.1) is 0 Å². The molecule has 18 heavy (non-hydrogen) atoms. The highest BCUT2D eigenvalue weighted by Gasteiger charge is 2.50. The molecule has 3 atom stereocenters. The van der Waals surface area contributed by atoms with Gasteiger partial charge in [0.1, 0.15) is 5.60 Å². The summed E-state index contributed by atoms with van der Waals surface area (Å²) in [6.07, 6.45) is 4.51. The highest BCUT2D eigenvalue weighted by molar-refractivity contribution is 5.94. The van der Waals surface area contributed by atoms with E-state index in [0.717, 1.165) is 36.5 Å². The van der Waals surface area contributed by atoms with Crippen LogP contribution in [0.15, 0.2) is 35.3 Å². The smallest absolute Gasteiger partial charge is 0.130 e. The molecule has 0 radical (unpaired) electrons. The van der Waals surface area contributed by atoms with Crippen molar-refractivity contribution in [2.24, 2.45) is 16.8 Å². The van der Waals surface area contributed by atoms with E-state index in [1.54, 1.807) is 0 Å². The SMILES string of the molecule is CN=C1CC2CCC(C2)C1(O)c1ccccc1.Cl. The molecule has 0 heterocycles. The normalized spacial score (nSPS) is 36.4. The molecular formula is C15H20ClNO. The minimum Gasteiger partial charge on any atom is -0.379 e. The van der Waals surface area contributed by atoms with Crippen molar-refractivity contribution in [3.63, 3.8) is 0 Å². The monoisotopic (exact) mass is 265 g/mol. The zero-order chi connectivity index (χ0) is 11.9. The van der Waals surface area contributed by atoms with Gasteiger partial charge in [0.25, 0.3) is 0 Å². The second-order valence-electron chi connectivity index (χ2n) is 5.38. The van der Waals surface area contributed by atoms with E-state index in [9.17, 15) is 5.11 Å². The van der Waals surface area contributed by atoms with E-state index in [1.807, 2.05) is 37.4 Å². The summed E-state index contributed by atoms with van der Waals surface area (Å²) in [6, 6.07) is 10.1. The van der Waals surface area contributed by atoms with Gasteiger partial charge in [0, 0.05) is 12.8 Å². The van der Waals surface area contributed by atoms with Gasteiger partial charge >= 0.3 is 0 Å². The quantitative estimate of drug-likeness (QED) is 0.831. The summed E-state index contributed by atoms with van der Waals surface area (Å²) >= 11 is 0. The van der Waals surface area contributed by atoms with Crippen LogP contribution in [0.25, 0.3) is 0 Å². The molecular weight excluding hydrogens is 246 g/mol. The van der Waals surface area contributed by atoms with Gasteiger partial charge in [-0.2, -0.15) is 0 Å². The summed E-state index contributed by atoms with van der Waals surface area (Å²) in [7, 11) is 1.81. The fraction of sp³-hybridized carbons (Fsp3) is 0.533. The lowest BCUT2D eigenvalue weighted by Gasteiger charge is -2.39. The molecule has 0 spiro atoms. The third kappa shape index (κ3) is 1.88. The minimum absolute atomic E-state index is 0. The second kappa shape index (κ2) is 5.02. The number of halogens is 1. The topological polar surface area (TPSA) is 32.6 Å². The first-order valence-electron chi connectivity index (χ1n) is 6.49. The van der Waals surface area contributed by atoms with Crippen molar-refractivity contribution in [3.05, 3.63) is 35.9 Å². The zero-order valence-corrected chi connectivity index (χ0v) is 11.5. The first kappa shape index (κ1) is 13.6. The lowest BCUT2D eigenvalue weighted by Crippen LogP contribution is -2.45. The molecule has 0 aromatic heterocycles. The Morgan fingerprint density at radius 2 is 1.94 bits per heavy atom. The highest BCUT2D eigenvalue weighted by Crippen LogP contribution is 2.50. The Hall–Kier alpha value is -0.860. The zero-order valence-electron chi connectivity index (χ0n) is 10.7. The summed E-state index contributed by atoms with van der Waals surface area (Å²) < 4.78 is 0. The summed E-state index contributed by atoms with van der Waals surface area (Å²) in [6.45, 7) is 0. The number of nitrogens with zero attached hydrogens (tertiary/aromatic N) is 1. The van der Waals surface area contributed by atoms with E-state index >= 15 is 0 Å². The number of fused-ring (bicyclic) bond motifs is 2. The van der Waals surface area contributed by atoms with Crippen LogP contribution in [-0.4, -0.2) is 17.9 Å². The summed E-state index contributed by atoms with van der Waals surface area (Å²) in [5.74, 6) is 1.12. The molecule has 3 rings (SSSR count). The number of aliphatic hydroxyl groups is 1. The van der Waals surface area contributed by atoms with Crippen LogP contribution in [-0.2, 0) is 5.60 Å². The molecule has 1 aromatic rings. The molecule has 3 heteroatoms. The fourth-order valence-electron chi connectivity index (χ4n) is 3.66. The summed E-state index contributed by atoms with van der Waals surface area (Å²) in [5, 5.41) is 11.2. The maximum absolute atomic E-state index is 11.2. The second-order valence-corrected chi connectivity index (χ2v) is 5.38. The molecule has 2 bridgehead atoms. The third-order valence-electron chi connectivity index (χ3n) is 4.54. The lowest BCUT2D eigenvalue weighted by molar-refractivity contribution is 0.0354. The Morgan fingerprint density at radius 3 is 2.61 bits per heavy atom. The first-order valence-corrected chi connectivity index (χ1v) is 6.49. The summed E-state index contributed by atoms with van der Waals surface area (Å²) in [5.41, 5.74) is 1.21. The molecule has 2 nitrogen and oxygen atoms in total. The molecule has 0 aliphatic heterocycles. The Balaban J connectivity index is 0.00000120. The third-order valence-corrected chi connectivity index (χ3v) is 4.54. The molecule has 2 aliphatic carbocycles. The van der Waals surface area contributed by atoms with E-state index < -0.39 is 5.60 Å². The average molecular weight is 266 g/mol. The Labute approximate surface area is 115 Å². The van der Waals surface area contributed by atoms with Gasteiger partial charge < -0.3 is 5.11 Å². The number of benzene rings is 1. The van der Waals surface area contributed by atoms with Crippen molar-refractivity contribution in [3.8, 4) is 0 Å². The number of hydrogen-bond acceptors (Lipinski definition) is 2. The highest BCUT2D eigenvalue weighted by atomic mass is 35.5. The van der Waals surface area contributed by atoms with Crippen molar-refractivity contribution in [2.45, 2.75) is 31.3 Å². The fourth-order valence-corrected chi connectivity index (χ4v) is 3.66. The van der Waals surface area contributed by atoms with Gasteiger partial charge in [-0.15, -0.1) is 12.4 Å². The minimum atomic E-state index is -0.803. The van der Waals surface area contributed by atoms with Crippen LogP contribution in [0.5, 0.6) is 0 Å². The molecule has 0 amide bonds. The van der Waals surface area contributed by atoms with Crippen LogP contribution in [0.3, 0.4) is 0 Å².